The Bertz CT molecular complexity index is 934. The highest BCUT2D eigenvalue weighted by atomic mass is 35.5. The molecule has 0 aliphatic carbocycles. The molecule has 0 spiro atoms. The third-order valence-corrected chi connectivity index (χ3v) is 4.99. The van der Waals surface area contributed by atoms with E-state index < -0.39 is 0 Å². The number of rotatable bonds is 2. The summed E-state index contributed by atoms with van der Waals surface area (Å²) in [4.78, 5) is 19.6. The molecule has 0 fully saturated rings. The summed E-state index contributed by atoms with van der Waals surface area (Å²) in [6, 6.07) is 19.3. The van der Waals surface area contributed by atoms with E-state index in [-0.39, 0.29) is 5.91 Å². The molecule has 118 valence electrons. The van der Waals surface area contributed by atoms with Gasteiger partial charge in [0.2, 0.25) is 0 Å². The summed E-state index contributed by atoms with van der Waals surface area (Å²) in [5.41, 5.74) is 3.06. The molecule has 1 aliphatic heterocycles. The van der Waals surface area contributed by atoms with Crippen molar-refractivity contribution in [3.63, 3.8) is 0 Å². The number of hydrogen-bond donors (Lipinski definition) is 0. The van der Waals surface area contributed by atoms with Crippen LogP contribution in [0.15, 0.2) is 71.0 Å². The molecule has 0 atom stereocenters. The van der Waals surface area contributed by atoms with Crippen LogP contribution in [-0.2, 0) is 6.54 Å². The van der Waals surface area contributed by atoms with E-state index in [1.54, 1.807) is 6.07 Å². The van der Waals surface area contributed by atoms with Crippen molar-refractivity contribution < 1.29 is 4.79 Å². The topological polar surface area (TPSA) is 32.7 Å². The molecule has 3 aromatic rings. The van der Waals surface area contributed by atoms with E-state index in [4.69, 9.17) is 11.6 Å². The molecule has 1 aliphatic rings. The fourth-order valence-corrected chi connectivity index (χ4v) is 3.59. The number of fused-ring (bicyclic) bond motifs is 1. The molecule has 0 radical (unpaired) electrons. The number of carbonyl (C=O) groups is 1. The summed E-state index contributed by atoms with van der Waals surface area (Å²) in [6.07, 6.45) is 0. The second kappa shape index (κ2) is 6.23. The Labute approximate surface area is 148 Å². The first kappa shape index (κ1) is 15.1. The van der Waals surface area contributed by atoms with Crippen LogP contribution in [0.5, 0.6) is 0 Å². The van der Waals surface area contributed by atoms with Crippen molar-refractivity contribution in [3.05, 3.63) is 87.1 Å². The third kappa shape index (κ3) is 2.75. The molecule has 0 bridgehead atoms. The lowest BCUT2D eigenvalue weighted by atomic mass is 10.1. The largest absolute Gasteiger partial charge is 0.321 e. The summed E-state index contributed by atoms with van der Waals surface area (Å²) in [7, 11) is 0. The van der Waals surface area contributed by atoms with Crippen LogP contribution in [0.2, 0.25) is 5.02 Å². The van der Waals surface area contributed by atoms with E-state index in [0.717, 1.165) is 16.8 Å². The van der Waals surface area contributed by atoms with Crippen LogP contribution in [0.3, 0.4) is 0 Å². The predicted octanol–water partition coefficient (Wildman–Crippen LogP) is 5.01. The van der Waals surface area contributed by atoms with E-state index in [1.165, 1.54) is 11.3 Å². The molecule has 0 N–H and O–H groups in total. The number of nitrogens with zero attached hydrogens (tertiary/aromatic N) is 2. The van der Waals surface area contributed by atoms with Gasteiger partial charge in [-0.2, -0.15) is 4.99 Å². The lowest BCUT2D eigenvalue weighted by Crippen LogP contribution is -2.25. The van der Waals surface area contributed by atoms with Crippen molar-refractivity contribution in [2.24, 2.45) is 4.99 Å². The van der Waals surface area contributed by atoms with Gasteiger partial charge in [0.05, 0.1) is 11.4 Å². The summed E-state index contributed by atoms with van der Waals surface area (Å²) < 4.78 is 0. The summed E-state index contributed by atoms with van der Waals surface area (Å²) in [5, 5.41) is 2.54. The molecular formula is C19H13ClN2OS. The van der Waals surface area contributed by atoms with Gasteiger partial charge in [0.1, 0.15) is 5.84 Å². The predicted molar refractivity (Wildman–Crippen MR) is 99.3 cm³/mol. The van der Waals surface area contributed by atoms with Crippen LogP contribution in [0, 0.1) is 0 Å². The minimum Gasteiger partial charge on any atom is -0.321 e. The van der Waals surface area contributed by atoms with Gasteiger partial charge < -0.3 is 4.90 Å². The molecule has 1 amide bonds. The van der Waals surface area contributed by atoms with Crippen molar-refractivity contribution in [1.82, 2.24) is 0 Å². The van der Waals surface area contributed by atoms with Crippen molar-refractivity contribution in [2.75, 3.05) is 4.90 Å². The van der Waals surface area contributed by atoms with Gasteiger partial charge in [0, 0.05) is 16.3 Å². The number of anilines is 1. The van der Waals surface area contributed by atoms with E-state index in [2.05, 4.69) is 11.1 Å². The molecule has 4 rings (SSSR count). The third-order valence-electron chi connectivity index (χ3n) is 3.90. The van der Waals surface area contributed by atoms with Crippen molar-refractivity contribution in [3.8, 4) is 0 Å². The van der Waals surface area contributed by atoms with E-state index in [1.807, 2.05) is 58.8 Å². The highest BCUT2D eigenvalue weighted by molar-refractivity contribution is 7.12. The number of thiophene rings is 1. The minimum atomic E-state index is -0.219. The molecule has 1 aromatic heterocycles. The van der Waals surface area contributed by atoms with Crippen LogP contribution < -0.4 is 4.90 Å². The van der Waals surface area contributed by atoms with Crippen molar-refractivity contribution >= 4 is 40.4 Å². The lowest BCUT2D eigenvalue weighted by molar-refractivity contribution is 0.101. The maximum Gasteiger partial charge on any atom is 0.289 e. The molecular weight excluding hydrogens is 340 g/mol. The molecule has 2 heterocycles. The minimum absolute atomic E-state index is 0.219. The van der Waals surface area contributed by atoms with Gasteiger partial charge in [-0.05, 0) is 35.2 Å². The second-order valence-electron chi connectivity index (χ2n) is 5.44. The molecule has 24 heavy (non-hydrogen) atoms. The smallest absolute Gasteiger partial charge is 0.289 e. The van der Waals surface area contributed by atoms with E-state index in [9.17, 15) is 4.79 Å². The number of amides is 1. The maximum atomic E-state index is 12.5. The van der Waals surface area contributed by atoms with E-state index in [0.29, 0.717) is 22.3 Å². The molecule has 0 unspecified atom stereocenters. The zero-order chi connectivity index (χ0) is 16.5. The average molecular weight is 353 g/mol. The van der Waals surface area contributed by atoms with Gasteiger partial charge in [0.15, 0.2) is 0 Å². The fraction of sp³-hybridized carbons (Fsp3) is 0.0526. The van der Waals surface area contributed by atoms with Gasteiger partial charge in [-0.1, -0.05) is 48.0 Å². The number of aliphatic imine (C=N–C) groups is 1. The Balaban J connectivity index is 1.81. The van der Waals surface area contributed by atoms with Crippen molar-refractivity contribution in [2.45, 2.75) is 6.54 Å². The molecule has 5 heteroatoms. The second-order valence-corrected chi connectivity index (χ2v) is 6.83. The number of hydrogen-bond acceptors (Lipinski definition) is 2. The van der Waals surface area contributed by atoms with Crippen molar-refractivity contribution in [1.29, 1.82) is 0 Å². The zero-order valence-electron chi connectivity index (χ0n) is 12.6. The van der Waals surface area contributed by atoms with Crippen LogP contribution in [0.25, 0.3) is 0 Å². The number of halogens is 1. The van der Waals surface area contributed by atoms with Gasteiger partial charge in [-0.3, -0.25) is 4.79 Å². The highest BCUT2D eigenvalue weighted by Gasteiger charge is 2.27. The maximum absolute atomic E-state index is 12.5. The summed E-state index contributed by atoms with van der Waals surface area (Å²) in [5.74, 6) is 0.454. The SMILES string of the molecule is O=C(N=C1c2ccccc2CN1c1cccc(Cl)c1)c1cccs1. The first-order chi connectivity index (χ1) is 11.7. The van der Waals surface area contributed by atoms with Crippen LogP contribution >= 0.6 is 22.9 Å². The number of benzene rings is 2. The standard InChI is InChI=1S/C19H13ClN2OS/c20-14-6-3-7-15(11-14)22-12-13-5-1-2-8-16(13)18(22)21-19(23)17-9-4-10-24-17/h1-11H,12H2. The number of carbonyl (C=O) groups excluding carboxylic acids is 1. The monoisotopic (exact) mass is 352 g/mol. The fourth-order valence-electron chi connectivity index (χ4n) is 2.80. The Hall–Kier alpha value is -2.43. The average Bonchev–Trinajstić information content (AvgIpc) is 3.23. The summed E-state index contributed by atoms with van der Waals surface area (Å²) in [6.45, 7) is 0.674. The first-order valence-electron chi connectivity index (χ1n) is 7.50. The Morgan fingerprint density at radius 1 is 1.08 bits per heavy atom. The normalized spacial score (nSPS) is 14.9. The van der Waals surface area contributed by atoms with Crippen LogP contribution in [0.1, 0.15) is 20.8 Å². The Morgan fingerprint density at radius 3 is 2.75 bits per heavy atom. The van der Waals surface area contributed by atoms with Gasteiger partial charge >= 0.3 is 0 Å². The van der Waals surface area contributed by atoms with Crippen LogP contribution in [0.4, 0.5) is 5.69 Å². The van der Waals surface area contributed by atoms with Crippen LogP contribution in [-0.4, -0.2) is 11.7 Å². The van der Waals surface area contributed by atoms with Gasteiger partial charge in [-0.15, -0.1) is 11.3 Å². The molecule has 0 saturated carbocycles. The Kier molecular flexibility index (Phi) is 3.92. The first-order valence-corrected chi connectivity index (χ1v) is 8.76. The van der Waals surface area contributed by atoms with E-state index >= 15 is 0 Å². The zero-order valence-corrected chi connectivity index (χ0v) is 14.2. The lowest BCUT2D eigenvalue weighted by Gasteiger charge is -2.19. The quantitative estimate of drug-likeness (QED) is 0.649. The molecule has 0 saturated heterocycles. The summed E-state index contributed by atoms with van der Waals surface area (Å²) >= 11 is 7.54. The molecule has 2 aromatic carbocycles. The van der Waals surface area contributed by atoms with Gasteiger partial charge in [0.25, 0.3) is 5.91 Å². The number of amidine groups is 1. The van der Waals surface area contributed by atoms with Gasteiger partial charge in [-0.25, -0.2) is 0 Å². The Morgan fingerprint density at radius 2 is 1.96 bits per heavy atom. The molecule has 3 nitrogen and oxygen atoms in total. The highest BCUT2D eigenvalue weighted by Crippen LogP contribution is 2.30.